The zero-order chi connectivity index (χ0) is 13.1. The van der Waals surface area contributed by atoms with Gasteiger partial charge in [0.25, 0.3) is 0 Å². The molecule has 2 aromatic carbocycles. The molecule has 0 aliphatic rings. The summed E-state index contributed by atoms with van der Waals surface area (Å²) in [6.07, 6.45) is -0.330. The Balaban J connectivity index is 2.16. The lowest BCUT2D eigenvalue weighted by Crippen LogP contribution is -2.04. The molecule has 0 aliphatic carbocycles. The minimum absolute atomic E-state index is 0.300. The van der Waals surface area contributed by atoms with Gasteiger partial charge in [0.1, 0.15) is 11.6 Å². The number of aliphatic hydroxyl groups excluding tert-OH is 1. The molecular formula is C15H14F2O. The molecular weight excluding hydrogens is 234 g/mol. The molecule has 1 atom stereocenters. The SMILES string of the molecule is Cc1cc(F)ccc1C(O)Cc1ccc(F)cc1. The maximum absolute atomic E-state index is 13.0. The Hall–Kier alpha value is -1.74. The van der Waals surface area contributed by atoms with Gasteiger partial charge in [-0.25, -0.2) is 8.78 Å². The zero-order valence-corrected chi connectivity index (χ0v) is 10.0. The molecule has 0 radical (unpaired) electrons. The van der Waals surface area contributed by atoms with Crippen LogP contribution in [0.3, 0.4) is 0 Å². The Kier molecular flexibility index (Phi) is 3.72. The van der Waals surface area contributed by atoms with Gasteiger partial charge in [-0.15, -0.1) is 0 Å². The van der Waals surface area contributed by atoms with Crippen molar-refractivity contribution in [3.63, 3.8) is 0 Å². The summed E-state index contributed by atoms with van der Waals surface area (Å²) in [5.74, 6) is -0.614. The Morgan fingerprint density at radius 2 is 1.61 bits per heavy atom. The number of benzene rings is 2. The van der Waals surface area contributed by atoms with E-state index in [9.17, 15) is 13.9 Å². The monoisotopic (exact) mass is 248 g/mol. The van der Waals surface area contributed by atoms with Gasteiger partial charge in [0.05, 0.1) is 6.10 Å². The third kappa shape index (κ3) is 2.93. The highest BCUT2D eigenvalue weighted by atomic mass is 19.1. The minimum atomic E-state index is -0.712. The molecule has 0 aromatic heterocycles. The molecule has 0 saturated carbocycles. The maximum Gasteiger partial charge on any atom is 0.123 e. The van der Waals surface area contributed by atoms with Crippen LogP contribution in [0.5, 0.6) is 0 Å². The second-order valence-corrected chi connectivity index (χ2v) is 4.35. The summed E-state index contributed by atoms with van der Waals surface area (Å²) < 4.78 is 25.7. The van der Waals surface area contributed by atoms with Crippen LogP contribution in [0.15, 0.2) is 42.5 Å². The first-order valence-electron chi connectivity index (χ1n) is 5.75. The summed E-state index contributed by atoms with van der Waals surface area (Å²) in [7, 11) is 0. The van der Waals surface area contributed by atoms with Crippen molar-refractivity contribution in [1.82, 2.24) is 0 Å². The number of aliphatic hydroxyl groups is 1. The molecule has 0 saturated heterocycles. The largest absolute Gasteiger partial charge is 0.388 e. The van der Waals surface area contributed by atoms with Crippen molar-refractivity contribution >= 4 is 0 Å². The van der Waals surface area contributed by atoms with Crippen molar-refractivity contribution in [2.45, 2.75) is 19.4 Å². The van der Waals surface area contributed by atoms with Gasteiger partial charge in [-0.05, 0) is 47.9 Å². The highest BCUT2D eigenvalue weighted by molar-refractivity contribution is 5.30. The van der Waals surface area contributed by atoms with Gasteiger partial charge < -0.3 is 5.11 Å². The second kappa shape index (κ2) is 5.27. The smallest absolute Gasteiger partial charge is 0.123 e. The van der Waals surface area contributed by atoms with Gasteiger partial charge in [-0.1, -0.05) is 18.2 Å². The molecule has 94 valence electrons. The predicted molar refractivity (Wildman–Crippen MR) is 66.2 cm³/mol. The van der Waals surface area contributed by atoms with E-state index in [0.717, 1.165) is 5.56 Å². The van der Waals surface area contributed by atoms with Gasteiger partial charge in [0, 0.05) is 6.42 Å². The van der Waals surface area contributed by atoms with Crippen molar-refractivity contribution in [3.8, 4) is 0 Å². The molecule has 3 heteroatoms. The summed E-state index contributed by atoms with van der Waals surface area (Å²) in [6, 6.07) is 10.3. The standard InChI is InChI=1S/C15H14F2O/c1-10-8-13(17)6-7-14(10)15(18)9-11-2-4-12(16)5-3-11/h2-8,15,18H,9H2,1H3. The lowest BCUT2D eigenvalue weighted by atomic mass is 9.98. The summed E-state index contributed by atoms with van der Waals surface area (Å²) in [5.41, 5.74) is 2.25. The fourth-order valence-electron chi connectivity index (χ4n) is 1.97. The second-order valence-electron chi connectivity index (χ2n) is 4.35. The number of aryl methyl sites for hydroxylation is 1. The van der Waals surface area contributed by atoms with E-state index in [1.807, 2.05) is 0 Å². The Morgan fingerprint density at radius 1 is 1.00 bits per heavy atom. The highest BCUT2D eigenvalue weighted by Crippen LogP contribution is 2.22. The van der Waals surface area contributed by atoms with Gasteiger partial charge in [0.2, 0.25) is 0 Å². The van der Waals surface area contributed by atoms with Gasteiger partial charge in [0.15, 0.2) is 0 Å². The van der Waals surface area contributed by atoms with Gasteiger partial charge in [-0.3, -0.25) is 0 Å². The number of hydrogen-bond acceptors (Lipinski definition) is 1. The van der Waals surface area contributed by atoms with Gasteiger partial charge >= 0.3 is 0 Å². The Morgan fingerprint density at radius 3 is 2.22 bits per heavy atom. The summed E-state index contributed by atoms with van der Waals surface area (Å²) in [5, 5.41) is 10.1. The van der Waals surface area contributed by atoms with E-state index in [1.165, 1.54) is 24.3 Å². The molecule has 0 bridgehead atoms. The minimum Gasteiger partial charge on any atom is -0.388 e. The van der Waals surface area contributed by atoms with Crippen molar-refractivity contribution in [2.75, 3.05) is 0 Å². The number of rotatable bonds is 3. The van der Waals surface area contributed by atoms with Crippen LogP contribution >= 0.6 is 0 Å². The summed E-state index contributed by atoms with van der Waals surface area (Å²) >= 11 is 0. The molecule has 1 nitrogen and oxygen atoms in total. The first kappa shape index (κ1) is 12.7. The molecule has 0 fully saturated rings. The fourth-order valence-corrected chi connectivity index (χ4v) is 1.97. The molecule has 0 spiro atoms. The van der Waals surface area contributed by atoms with Crippen LogP contribution in [0.1, 0.15) is 22.8 Å². The molecule has 0 aliphatic heterocycles. The molecule has 0 heterocycles. The highest BCUT2D eigenvalue weighted by Gasteiger charge is 2.11. The Bertz CT molecular complexity index is 535. The average molecular weight is 248 g/mol. The van der Waals surface area contributed by atoms with Crippen LogP contribution in [-0.4, -0.2) is 5.11 Å². The lowest BCUT2D eigenvalue weighted by Gasteiger charge is -2.14. The maximum atomic E-state index is 13.0. The molecule has 2 aromatic rings. The molecule has 1 unspecified atom stereocenters. The zero-order valence-electron chi connectivity index (χ0n) is 10.0. The molecule has 18 heavy (non-hydrogen) atoms. The third-order valence-corrected chi connectivity index (χ3v) is 2.93. The summed E-state index contributed by atoms with van der Waals surface area (Å²) in [6.45, 7) is 1.76. The molecule has 1 N–H and O–H groups in total. The normalized spacial score (nSPS) is 12.4. The summed E-state index contributed by atoms with van der Waals surface area (Å²) in [4.78, 5) is 0. The van der Waals surface area contributed by atoms with E-state index < -0.39 is 6.10 Å². The van der Waals surface area contributed by atoms with Crippen molar-refractivity contribution in [2.24, 2.45) is 0 Å². The topological polar surface area (TPSA) is 20.2 Å². The quantitative estimate of drug-likeness (QED) is 0.880. The van der Waals surface area contributed by atoms with Crippen LogP contribution < -0.4 is 0 Å². The lowest BCUT2D eigenvalue weighted by molar-refractivity contribution is 0.177. The van der Waals surface area contributed by atoms with Crippen LogP contribution in [-0.2, 0) is 6.42 Å². The Labute approximate surface area is 105 Å². The van der Waals surface area contributed by atoms with Crippen molar-refractivity contribution < 1.29 is 13.9 Å². The average Bonchev–Trinajstić information content (AvgIpc) is 2.32. The van der Waals surface area contributed by atoms with Crippen LogP contribution in [0.4, 0.5) is 8.78 Å². The first-order chi connectivity index (χ1) is 8.56. The van der Waals surface area contributed by atoms with E-state index in [2.05, 4.69) is 0 Å². The number of hydrogen-bond donors (Lipinski definition) is 1. The first-order valence-corrected chi connectivity index (χ1v) is 5.75. The van der Waals surface area contributed by atoms with E-state index in [-0.39, 0.29) is 11.6 Å². The van der Waals surface area contributed by atoms with E-state index in [1.54, 1.807) is 25.1 Å². The van der Waals surface area contributed by atoms with Crippen LogP contribution in [0.2, 0.25) is 0 Å². The van der Waals surface area contributed by atoms with Crippen molar-refractivity contribution in [3.05, 3.63) is 70.8 Å². The van der Waals surface area contributed by atoms with Crippen molar-refractivity contribution in [1.29, 1.82) is 0 Å². The molecule has 0 amide bonds. The fraction of sp³-hybridized carbons (Fsp3) is 0.200. The van der Waals surface area contributed by atoms with Gasteiger partial charge in [-0.2, -0.15) is 0 Å². The van der Waals surface area contributed by atoms with Crippen LogP contribution in [0.25, 0.3) is 0 Å². The molecule has 2 rings (SSSR count). The van der Waals surface area contributed by atoms with Crippen LogP contribution in [0, 0.1) is 18.6 Å². The predicted octanol–water partition coefficient (Wildman–Crippen LogP) is 3.55. The van der Waals surface area contributed by atoms with E-state index in [4.69, 9.17) is 0 Å². The van der Waals surface area contributed by atoms with E-state index in [0.29, 0.717) is 17.5 Å². The van der Waals surface area contributed by atoms with E-state index >= 15 is 0 Å². The third-order valence-electron chi connectivity index (χ3n) is 2.93. The number of halogens is 2.